The van der Waals surface area contributed by atoms with Gasteiger partial charge >= 0.3 is 0 Å². The van der Waals surface area contributed by atoms with Gasteiger partial charge in [-0.1, -0.05) is 24.3 Å². The van der Waals surface area contributed by atoms with E-state index in [0.717, 1.165) is 10.5 Å². The highest BCUT2D eigenvalue weighted by molar-refractivity contribution is 7.98. The number of hydrogen-bond donors (Lipinski definition) is 1. The summed E-state index contributed by atoms with van der Waals surface area (Å²) in [7, 11) is 0. The van der Waals surface area contributed by atoms with Gasteiger partial charge in [-0.25, -0.2) is 0 Å². The number of thioether (sulfide) groups is 1. The minimum atomic E-state index is -0.533. The van der Waals surface area contributed by atoms with Crippen LogP contribution in [0.4, 0.5) is 0 Å². The smallest absolute Gasteiger partial charge is 0.255 e. The summed E-state index contributed by atoms with van der Waals surface area (Å²) in [5, 5.41) is 8.86. The molecule has 0 saturated heterocycles. The Balaban J connectivity index is 2.19. The number of primary amides is 1. The van der Waals surface area contributed by atoms with Gasteiger partial charge in [0.1, 0.15) is 0 Å². The first-order chi connectivity index (χ1) is 12.4. The van der Waals surface area contributed by atoms with E-state index >= 15 is 0 Å². The van der Waals surface area contributed by atoms with Crippen LogP contribution in [-0.2, 0) is 10.5 Å². The third-order valence-corrected chi connectivity index (χ3v) is 4.95. The molecule has 0 aromatic heterocycles. The van der Waals surface area contributed by atoms with E-state index < -0.39 is 5.91 Å². The molecule has 26 heavy (non-hydrogen) atoms. The highest BCUT2D eigenvalue weighted by Gasteiger charge is 2.22. The van der Waals surface area contributed by atoms with Crippen molar-refractivity contribution in [3.05, 3.63) is 65.2 Å². The lowest BCUT2D eigenvalue weighted by Gasteiger charge is -2.26. The fraction of sp³-hybridized carbons (Fsp3) is 0.250. The quantitative estimate of drug-likeness (QED) is 0.761. The van der Waals surface area contributed by atoms with Gasteiger partial charge in [0.05, 0.1) is 23.7 Å². The molecular weight excluding hydrogens is 346 g/mol. The molecule has 0 atom stereocenters. The van der Waals surface area contributed by atoms with Gasteiger partial charge in [0, 0.05) is 16.7 Å². The van der Waals surface area contributed by atoms with Crippen LogP contribution in [-0.4, -0.2) is 29.3 Å². The van der Waals surface area contributed by atoms with Crippen molar-refractivity contribution in [2.24, 2.45) is 5.73 Å². The number of nitriles is 1. The van der Waals surface area contributed by atoms with E-state index in [4.69, 9.17) is 11.0 Å². The van der Waals surface area contributed by atoms with Gasteiger partial charge in [-0.05, 0) is 43.7 Å². The van der Waals surface area contributed by atoms with Crippen molar-refractivity contribution in [1.29, 1.82) is 5.26 Å². The summed E-state index contributed by atoms with van der Waals surface area (Å²) in [4.78, 5) is 26.5. The molecule has 6 heteroatoms. The zero-order valence-electron chi connectivity index (χ0n) is 14.8. The summed E-state index contributed by atoms with van der Waals surface area (Å²) in [5.74, 6) is -0.0652. The average Bonchev–Trinajstić information content (AvgIpc) is 2.64. The summed E-state index contributed by atoms with van der Waals surface area (Å²) in [6.45, 7) is 3.60. The van der Waals surface area contributed by atoms with E-state index in [1.807, 2.05) is 44.2 Å². The van der Waals surface area contributed by atoms with Crippen molar-refractivity contribution in [2.75, 3.05) is 6.54 Å². The van der Waals surface area contributed by atoms with E-state index in [1.54, 1.807) is 30.0 Å². The van der Waals surface area contributed by atoms with Crippen LogP contribution in [0.3, 0.4) is 0 Å². The van der Waals surface area contributed by atoms with Crippen molar-refractivity contribution in [1.82, 2.24) is 4.90 Å². The standard InChI is InChI=1S/C20H21N3O2S/c1-14(2)23(12-19(22)24)20(25)17-5-3-4-6-18(17)26-13-16-9-7-15(11-21)8-10-16/h3-10,14H,12-13H2,1-2H3,(H2,22,24). The monoisotopic (exact) mass is 367 g/mol. The molecule has 0 saturated carbocycles. The average molecular weight is 367 g/mol. The summed E-state index contributed by atoms with van der Waals surface area (Å²) < 4.78 is 0. The van der Waals surface area contributed by atoms with Crippen LogP contribution in [0.2, 0.25) is 0 Å². The predicted molar refractivity (Wildman–Crippen MR) is 103 cm³/mol. The first kappa shape index (κ1) is 19.5. The number of benzene rings is 2. The summed E-state index contributed by atoms with van der Waals surface area (Å²) in [6.07, 6.45) is 0. The van der Waals surface area contributed by atoms with Crippen LogP contribution in [0.25, 0.3) is 0 Å². The first-order valence-electron chi connectivity index (χ1n) is 8.22. The molecule has 2 aromatic carbocycles. The van der Waals surface area contributed by atoms with Gasteiger partial charge in [0.25, 0.3) is 5.91 Å². The Hall–Kier alpha value is -2.78. The van der Waals surface area contributed by atoms with Gasteiger partial charge < -0.3 is 10.6 Å². The molecular formula is C20H21N3O2S. The van der Waals surface area contributed by atoms with Crippen LogP contribution >= 0.6 is 11.8 Å². The molecule has 0 radical (unpaired) electrons. The highest BCUT2D eigenvalue weighted by atomic mass is 32.2. The van der Waals surface area contributed by atoms with Gasteiger partial charge in [-0.2, -0.15) is 5.26 Å². The van der Waals surface area contributed by atoms with E-state index in [2.05, 4.69) is 6.07 Å². The normalized spacial score (nSPS) is 10.4. The van der Waals surface area contributed by atoms with E-state index in [9.17, 15) is 9.59 Å². The number of carbonyl (C=O) groups is 2. The Morgan fingerprint density at radius 2 is 1.81 bits per heavy atom. The Morgan fingerprint density at radius 1 is 1.15 bits per heavy atom. The molecule has 0 aliphatic rings. The zero-order valence-corrected chi connectivity index (χ0v) is 15.6. The lowest BCUT2D eigenvalue weighted by molar-refractivity contribution is -0.119. The molecule has 0 aliphatic heterocycles. The van der Waals surface area contributed by atoms with Crippen LogP contribution in [0, 0.1) is 11.3 Å². The number of nitrogens with zero attached hydrogens (tertiary/aromatic N) is 2. The number of hydrogen-bond acceptors (Lipinski definition) is 4. The van der Waals surface area contributed by atoms with Gasteiger partial charge in [-0.3, -0.25) is 9.59 Å². The second-order valence-electron chi connectivity index (χ2n) is 6.09. The lowest BCUT2D eigenvalue weighted by Crippen LogP contribution is -2.42. The lowest BCUT2D eigenvalue weighted by atomic mass is 10.1. The predicted octanol–water partition coefficient (Wildman–Crippen LogP) is 3.19. The van der Waals surface area contributed by atoms with Crippen LogP contribution in [0.1, 0.15) is 35.3 Å². The third-order valence-electron chi connectivity index (χ3n) is 3.81. The maximum Gasteiger partial charge on any atom is 0.255 e. The summed E-state index contributed by atoms with van der Waals surface area (Å²) >= 11 is 1.54. The minimum Gasteiger partial charge on any atom is -0.368 e. The molecule has 0 unspecified atom stereocenters. The number of carbonyl (C=O) groups excluding carboxylic acids is 2. The SMILES string of the molecule is CC(C)N(CC(N)=O)C(=O)c1ccccc1SCc1ccc(C#N)cc1. The van der Waals surface area contributed by atoms with Gasteiger partial charge in [-0.15, -0.1) is 11.8 Å². The van der Waals surface area contributed by atoms with Gasteiger partial charge in [0.15, 0.2) is 0 Å². The highest BCUT2D eigenvalue weighted by Crippen LogP contribution is 2.27. The Bertz CT molecular complexity index is 826. The molecule has 0 fully saturated rings. The van der Waals surface area contributed by atoms with Crippen LogP contribution in [0.5, 0.6) is 0 Å². The van der Waals surface area contributed by atoms with Gasteiger partial charge in [0.2, 0.25) is 5.91 Å². The number of amides is 2. The number of rotatable bonds is 7. The molecule has 0 aliphatic carbocycles. The van der Waals surface area contributed by atoms with Crippen molar-refractivity contribution < 1.29 is 9.59 Å². The minimum absolute atomic E-state index is 0.106. The molecule has 2 aromatic rings. The maximum atomic E-state index is 12.9. The first-order valence-corrected chi connectivity index (χ1v) is 9.21. The maximum absolute atomic E-state index is 12.9. The molecule has 0 heterocycles. The summed E-state index contributed by atoms with van der Waals surface area (Å²) in [6, 6.07) is 16.7. The van der Waals surface area contributed by atoms with E-state index in [1.165, 1.54) is 4.90 Å². The Morgan fingerprint density at radius 3 is 2.38 bits per heavy atom. The largest absolute Gasteiger partial charge is 0.368 e. The van der Waals surface area contributed by atoms with Crippen LogP contribution in [0.15, 0.2) is 53.4 Å². The Kier molecular flexibility index (Phi) is 6.81. The van der Waals surface area contributed by atoms with Crippen molar-refractivity contribution in [3.63, 3.8) is 0 Å². The van der Waals surface area contributed by atoms with Crippen molar-refractivity contribution in [3.8, 4) is 6.07 Å². The molecule has 0 spiro atoms. The number of nitrogens with two attached hydrogens (primary N) is 1. The van der Waals surface area contributed by atoms with E-state index in [0.29, 0.717) is 16.9 Å². The molecule has 2 N–H and O–H groups in total. The topological polar surface area (TPSA) is 87.2 Å². The molecule has 134 valence electrons. The fourth-order valence-corrected chi connectivity index (χ4v) is 3.42. The van der Waals surface area contributed by atoms with Crippen molar-refractivity contribution >= 4 is 23.6 Å². The molecule has 0 bridgehead atoms. The molecule has 2 amide bonds. The fourth-order valence-electron chi connectivity index (χ4n) is 2.42. The van der Waals surface area contributed by atoms with Crippen molar-refractivity contribution in [2.45, 2.75) is 30.5 Å². The summed E-state index contributed by atoms with van der Waals surface area (Å²) in [5.41, 5.74) is 7.52. The third kappa shape index (κ3) is 5.11. The van der Waals surface area contributed by atoms with Crippen LogP contribution < -0.4 is 5.73 Å². The molecule has 2 rings (SSSR count). The Labute approximate surface area is 157 Å². The van der Waals surface area contributed by atoms with E-state index in [-0.39, 0.29) is 18.5 Å². The molecule has 5 nitrogen and oxygen atoms in total. The second-order valence-corrected chi connectivity index (χ2v) is 7.10. The second kappa shape index (κ2) is 9.07. The zero-order chi connectivity index (χ0) is 19.1.